The van der Waals surface area contributed by atoms with Crippen molar-refractivity contribution in [1.82, 2.24) is 0 Å². The minimum Gasteiger partial charge on any atom is -0.462 e. The van der Waals surface area contributed by atoms with E-state index in [-0.39, 0.29) is 17.8 Å². The summed E-state index contributed by atoms with van der Waals surface area (Å²) in [7, 11) is 0. The summed E-state index contributed by atoms with van der Waals surface area (Å²) in [6.45, 7) is 26.1. The van der Waals surface area contributed by atoms with Crippen molar-refractivity contribution >= 4 is 28.7 Å². The fourth-order valence-electron chi connectivity index (χ4n) is 4.91. The van der Waals surface area contributed by atoms with Crippen LogP contribution in [-0.2, 0) is 9.53 Å². The monoisotopic (exact) mass is 535 g/mol. The molecule has 0 amide bonds. The average molecular weight is 536 g/mol. The van der Waals surface area contributed by atoms with Gasteiger partial charge in [-0.15, -0.1) is 0 Å². The fraction of sp³-hybridized carbons (Fsp3) is 0.529. The second-order valence-electron chi connectivity index (χ2n) is 11.8. The van der Waals surface area contributed by atoms with E-state index in [9.17, 15) is 4.79 Å². The van der Waals surface area contributed by atoms with Crippen LogP contribution in [0, 0.1) is 0 Å². The van der Waals surface area contributed by atoms with E-state index in [2.05, 4.69) is 105 Å². The lowest BCUT2D eigenvalue weighted by Gasteiger charge is -2.26. The molecule has 0 aliphatic carbocycles. The number of esters is 1. The van der Waals surface area contributed by atoms with E-state index >= 15 is 0 Å². The normalized spacial score (nSPS) is 12.6. The van der Waals surface area contributed by atoms with Gasteiger partial charge in [0.25, 0.3) is 0 Å². The molecule has 208 valence electrons. The van der Waals surface area contributed by atoms with Gasteiger partial charge in [-0.05, 0) is 71.3 Å². The second-order valence-corrected chi connectivity index (χ2v) is 12.2. The lowest BCUT2D eigenvalue weighted by Crippen LogP contribution is -2.23. The Morgan fingerprint density at radius 2 is 1.24 bits per heavy atom. The topological polar surface area (TPSA) is 38.3 Å². The molecule has 0 aliphatic rings. The van der Waals surface area contributed by atoms with Gasteiger partial charge in [-0.3, -0.25) is 0 Å². The molecule has 0 bridgehead atoms. The predicted molar refractivity (Wildman–Crippen MR) is 168 cm³/mol. The minimum absolute atomic E-state index is 0.255. The zero-order valence-electron chi connectivity index (χ0n) is 25.7. The van der Waals surface area contributed by atoms with Crippen LogP contribution in [0.15, 0.2) is 41.6 Å². The van der Waals surface area contributed by atoms with Crippen molar-refractivity contribution in [3.63, 3.8) is 0 Å². The highest BCUT2D eigenvalue weighted by molar-refractivity contribution is 7.81. The second kappa shape index (κ2) is 13.6. The summed E-state index contributed by atoms with van der Waals surface area (Å²) in [5.74, 6) is 1.18. The zero-order valence-corrected chi connectivity index (χ0v) is 26.5. The molecule has 3 nitrogen and oxygen atoms in total. The van der Waals surface area contributed by atoms with Gasteiger partial charge in [-0.2, -0.15) is 0 Å². The number of ether oxygens (including phenoxy) is 1. The standard InChI is InChI=1S/C34H49NO2S/c1-13-37-34(36)30(24(12)35-32-26(20(4)5)15-14-16-27(32)21(6)7)33(38)31-28(22(8)9)17-25(19(2)3)18-29(31)23(10)11/h14-23,35H,13H2,1-12H3. The molecule has 2 aromatic rings. The molecule has 2 aromatic carbocycles. The molecule has 0 saturated heterocycles. The summed E-state index contributed by atoms with van der Waals surface area (Å²) in [6.07, 6.45) is 0. The Labute approximate surface area is 237 Å². The van der Waals surface area contributed by atoms with Gasteiger partial charge in [0.05, 0.1) is 17.0 Å². The van der Waals surface area contributed by atoms with E-state index in [0.717, 1.165) is 16.9 Å². The Bertz CT molecular complexity index is 1130. The van der Waals surface area contributed by atoms with E-state index < -0.39 is 0 Å². The first-order valence-corrected chi connectivity index (χ1v) is 14.6. The van der Waals surface area contributed by atoms with Crippen LogP contribution in [0.1, 0.15) is 146 Å². The minimum atomic E-state index is -0.382. The fourth-order valence-corrected chi connectivity index (χ4v) is 5.38. The number of rotatable bonds is 11. The predicted octanol–water partition coefficient (Wildman–Crippen LogP) is 9.97. The van der Waals surface area contributed by atoms with Crippen molar-refractivity contribution in [3.8, 4) is 0 Å². The van der Waals surface area contributed by atoms with Crippen molar-refractivity contribution in [1.29, 1.82) is 0 Å². The number of thiocarbonyl (C=S) groups is 1. The molecular weight excluding hydrogens is 486 g/mol. The van der Waals surface area contributed by atoms with Crippen LogP contribution in [0.5, 0.6) is 0 Å². The first-order valence-electron chi connectivity index (χ1n) is 14.2. The van der Waals surface area contributed by atoms with E-state index in [1.807, 2.05) is 13.8 Å². The number of nitrogens with one attached hydrogen (secondary N) is 1. The highest BCUT2D eigenvalue weighted by atomic mass is 32.1. The highest BCUT2D eigenvalue weighted by Gasteiger charge is 2.28. The molecule has 0 aromatic heterocycles. The summed E-state index contributed by atoms with van der Waals surface area (Å²) in [6, 6.07) is 11.0. The van der Waals surface area contributed by atoms with E-state index in [1.54, 1.807) is 0 Å². The number of hydrogen-bond acceptors (Lipinski definition) is 4. The molecule has 0 atom stereocenters. The Hall–Kier alpha value is -2.46. The van der Waals surface area contributed by atoms with Gasteiger partial charge in [0.15, 0.2) is 0 Å². The molecule has 2 rings (SSSR count). The Morgan fingerprint density at radius 1 is 0.789 bits per heavy atom. The molecule has 0 spiro atoms. The molecule has 0 saturated carbocycles. The molecule has 0 unspecified atom stereocenters. The molecule has 0 radical (unpaired) electrons. The first kappa shape index (κ1) is 31.8. The third kappa shape index (κ3) is 7.14. The molecule has 38 heavy (non-hydrogen) atoms. The molecule has 0 heterocycles. The van der Waals surface area contributed by atoms with Crippen molar-refractivity contribution in [2.24, 2.45) is 0 Å². The number of hydrogen-bond donors (Lipinski definition) is 1. The number of allylic oxidation sites excluding steroid dienone is 1. The summed E-state index contributed by atoms with van der Waals surface area (Å²) in [4.78, 5) is 14.1. The molecule has 0 aliphatic heterocycles. The van der Waals surface area contributed by atoms with Crippen LogP contribution >= 0.6 is 12.2 Å². The third-order valence-electron chi connectivity index (χ3n) is 7.13. The zero-order chi connectivity index (χ0) is 28.9. The van der Waals surface area contributed by atoms with Crippen LogP contribution in [0.3, 0.4) is 0 Å². The number of carbonyl (C=O) groups excluding carboxylic acids is 1. The van der Waals surface area contributed by atoms with Crippen molar-refractivity contribution in [2.45, 2.75) is 113 Å². The van der Waals surface area contributed by atoms with Crippen LogP contribution in [0.4, 0.5) is 5.69 Å². The third-order valence-corrected chi connectivity index (χ3v) is 7.53. The lowest BCUT2D eigenvalue weighted by molar-refractivity contribution is -0.137. The maximum atomic E-state index is 13.6. The van der Waals surface area contributed by atoms with E-state index in [4.69, 9.17) is 17.0 Å². The Balaban J connectivity index is 2.88. The molecular formula is C34H49NO2S. The van der Waals surface area contributed by atoms with E-state index in [1.165, 1.54) is 27.8 Å². The maximum absolute atomic E-state index is 13.6. The quantitative estimate of drug-likeness (QED) is 0.134. The summed E-state index contributed by atoms with van der Waals surface area (Å²) >= 11 is 6.22. The average Bonchev–Trinajstić information content (AvgIpc) is 2.82. The van der Waals surface area contributed by atoms with Crippen molar-refractivity contribution in [2.75, 3.05) is 11.9 Å². The Kier molecular flexibility index (Phi) is 11.3. The van der Waals surface area contributed by atoms with Crippen LogP contribution in [0.25, 0.3) is 0 Å². The van der Waals surface area contributed by atoms with Gasteiger partial charge in [0.2, 0.25) is 0 Å². The van der Waals surface area contributed by atoms with Gasteiger partial charge in [-0.1, -0.05) is 112 Å². The van der Waals surface area contributed by atoms with Crippen molar-refractivity contribution in [3.05, 3.63) is 75.0 Å². The van der Waals surface area contributed by atoms with Gasteiger partial charge in [-0.25, -0.2) is 4.79 Å². The van der Waals surface area contributed by atoms with Crippen LogP contribution in [0.2, 0.25) is 0 Å². The summed E-state index contributed by atoms with van der Waals surface area (Å²) in [5.41, 5.74) is 9.33. The highest BCUT2D eigenvalue weighted by Crippen LogP contribution is 2.37. The molecule has 0 fully saturated rings. The molecule has 1 N–H and O–H groups in total. The number of benzene rings is 2. The lowest BCUT2D eigenvalue weighted by atomic mass is 9.81. The Morgan fingerprint density at radius 3 is 1.61 bits per heavy atom. The van der Waals surface area contributed by atoms with Gasteiger partial charge in [0.1, 0.15) is 0 Å². The number of carbonyl (C=O) groups is 1. The summed E-state index contributed by atoms with van der Waals surface area (Å²) in [5, 5.41) is 3.65. The maximum Gasteiger partial charge on any atom is 0.341 e. The van der Waals surface area contributed by atoms with Crippen LogP contribution < -0.4 is 5.32 Å². The smallest absolute Gasteiger partial charge is 0.341 e. The van der Waals surface area contributed by atoms with Gasteiger partial charge >= 0.3 is 5.97 Å². The van der Waals surface area contributed by atoms with Gasteiger partial charge < -0.3 is 10.1 Å². The number of anilines is 1. The van der Waals surface area contributed by atoms with Crippen molar-refractivity contribution < 1.29 is 9.53 Å². The largest absolute Gasteiger partial charge is 0.462 e. The van der Waals surface area contributed by atoms with Crippen LogP contribution in [-0.4, -0.2) is 17.4 Å². The summed E-state index contributed by atoms with van der Waals surface area (Å²) < 4.78 is 5.60. The number of para-hydroxylation sites is 1. The SMILES string of the molecule is CCOC(=O)C(C(=S)c1c(C(C)C)cc(C(C)C)cc1C(C)C)=C(C)Nc1c(C(C)C)cccc1C(C)C. The first-order chi connectivity index (χ1) is 17.7. The van der Waals surface area contributed by atoms with Gasteiger partial charge in [0, 0.05) is 16.9 Å². The van der Waals surface area contributed by atoms with E-state index in [0.29, 0.717) is 34.8 Å². The molecule has 4 heteroatoms.